The molecular formula is C13H14N4O3S. The smallest absolute Gasteiger partial charge is 0.262 e. The number of amides is 3. The van der Waals surface area contributed by atoms with Crippen LogP contribution in [-0.2, 0) is 20.8 Å². The first-order valence-electron chi connectivity index (χ1n) is 6.37. The molecule has 0 saturated carbocycles. The number of hydrogen-bond donors (Lipinski definition) is 2. The van der Waals surface area contributed by atoms with Gasteiger partial charge in [-0.05, 0) is 13.0 Å². The van der Waals surface area contributed by atoms with Gasteiger partial charge >= 0.3 is 0 Å². The van der Waals surface area contributed by atoms with Crippen molar-refractivity contribution in [1.29, 1.82) is 0 Å². The number of thiazole rings is 1. The zero-order valence-corrected chi connectivity index (χ0v) is 12.1. The minimum atomic E-state index is -0.925. The van der Waals surface area contributed by atoms with E-state index in [1.807, 2.05) is 6.92 Å². The minimum Gasteiger partial charge on any atom is -0.356 e. The molecule has 1 aromatic heterocycles. The Bertz CT molecular complexity index is 621. The fourth-order valence-corrected chi connectivity index (χ4v) is 2.41. The van der Waals surface area contributed by atoms with Crippen molar-refractivity contribution in [2.24, 2.45) is 10.9 Å². The Morgan fingerprint density at radius 2 is 2.24 bits per heavy atom. The molecule has 21 heavy (non-hydrogen) atoms. The standard InChI is InChI=1S/C13H14N4O3S/c1-2-14-10(18)6-8-7-21-13(16-8)17-12(20)9-4-3-5-15-11(9)19/h3-5,7,9H,2,6H2,1H3,(H,14,18)(H,16,17,20). The number of carbonyl (C=O) groups is 3. The van der Waals surface area contributed by atoms with E-state index in [0.29, 0.717) is 17.4 Å². The average molecular weight is 306 g/mol. The summed E-state index contributed by atoms with van der Waals surface area (Å²) in [4.78, 5) is 42.5. The van der Waals surface area contributed by atoms with Crippen LogP contribution in [-0.4, -0.2) is 35.5 Å². The van der Waals surface area contributed by atoms with Crippen molar-refractivity contribution in [3.63, 3.8) is 0 Å². The number of dihydropyridines is 1. The van der Waals surface area contributed by atoms with E-state index < -0.39 is 17.7 Å². The number of nitrogens with one attached hydrogen (secondary N) is 2. The van der Waals surface area contributed by atoms with Gasteiger partial charge in [-0.2, -0.15) is 0 Å². The van der Waals surface area contributed by atoms with Gasteiger partial charge in [-0.3, -0.25) is 14.4 Å². The molecule has 1 unspecified atom stereocenters. The van der Waals surface area contributed by atoms with Crippen LogP contribution < -0.4 is 10.6 Å². The third kappa shape index (κ3) is 4.06. The van der Waals surface area contributed by atoms with E-state index in [4.69, 9.17) is 0 Å². The molecule has 110 valence electrons. The fourth-order valence-electron chi connectivity index (χ4n) is 1.69. The third-order valence-corrected chi connectivity index (χ3v) is 3.44. The lowest BCUT2D eigenvalue weighted by atomic mass is 10.1. The summed E-state index contributed by atoms with van der Waals surface area (Å²) in [6, 6.07) is 0. The molecule has 0 aromatic carbocycles. The van der Waals surface area contributed by atoms with Crippen molar-refractivity contribution in [2.75, 3.05) is 11.9 Å². The van der Waals surface area contributed by atoms with Gasteiger partial charge in [0.05, 0.1) is 12.1 Å². The van der Waals surface area contributed by atoms with E-state index in [1.54, 1.807) is 11.5 Å². The summed E-state index contributed by atoms with van der Waals surface area (Å²) in [5.74, 6) is -2.03. The van der Waals surface area contributed by atoms with Gasteiger partial charge in [0.2, 0.25) is 11.8 Å². The number of anilines is 1. The van der Waals surface area contributed by atoms with E-state index in [0.717, 1.165) is 0 Å². The van der Waals surface area contributed by atoms with E-state index in [9.17, 15) is 14.4 Å². The summed E-state index contributed by atoms with van der Waals surface area (Å²) in [7, 11) is 0. The molecule has 1 aliphatic rings. The zero-order chi connectivity index (χ0) is 15.2. The predicted octanol–water partition coefficient (Wildman–Crippen LogP) is 0.544. The fraction of sp³-hybridized carbons (Fsp3) is 0.308. The number of aliphatic imine (C=N–C) groups is 1. The average Bonchev–Trinajstić information content (AvgIpc) is 2.86. The van der Waals surface area contributed by atoms with E-state index in [1.165, 1.54) is 23.6 Å². The van der Waals surface area contributed by atoms with Crippen molar-refractivity contribution in [3.8, 4) is 0 Å². The summed E-state index contributed by atoms with van der Waals surface area (Å²) < 4.78 is 0. The van der Waals surface area contributed by atoms with Crippen molar-refractivity contribution in [1.82, 2.24) is 10.3 Å². The highest BCUT2D eigenvalue weighted by atomic mass is 32.1. The second kappa shape index (κ2) is 6.89. The van der Waals surface area contributed by atoms with Crippen molar-refractivity contribution in [3.05, 3.63) is 23.2 Å². The molecule has 0 radical (unpaired) electrons. The van der Waals surface area contributed by atoms with Crippen LogP contribution in [0.25, 0.3) is 0 Å². The molecule has 0 aliphatic carbocycles. The first-order valence-corrected chi connectivity index (χ1v) is 7.24. The highest BCUT2D eigenvalue weighted by Gasteiger charge is 2.25. The maximum absolute atomic E-state index is 11.9. The topological polar surface area (TPSA) is 101 Å². The van der Waals surface area contributed by atoms with Crippen LogP contribution >= 0.6 is 11.3 Å². The number of nitrogens with zero attached hydrogens (tertiary/aromatic N) is 2. The molecule has 0 fully saturated rings. The lowest BCUT2D eigenvalue weighted by Crippen LogP contribution is -2.28. The molecule has 8 heteroatoms. The number of likely N-dealkylation sites (N-methyl/N-ethyl adjacent to an activating group) is 1. The molecule has 0 bridgehead atoms. The third-order valence-electron chi connectivity index (χ3n) is 2.64. The van der Waals surface area contributed by atoms with Crippen LogP contribution in [0.4, 0.5) is 5.13 Å². The van der Waals surface area contributed by atoms with Gasteiger partial charge in [0.25, 0.3) is 5.91 Å². The lowest BCUT2D eigenvalue weighted by Gasteiger charge is -2.09. The maximum Gasteiger partial charge on any atom is 0.262 e. The number of hydrogen-bond acceptors (Lipinski definition) is 5. The monoisotopic (exact) mass is 306 g/mol. The minimum absolute atomic E-state index is 0.125. The molecule has 1 aliphatic heterocycles. The number of aromatic nitrogens is 1. The summed E-state index contributed by atoms with van der Waals surface area (Å²) >= 11 is 1.21. The Hall–Kier alpha value is -2.35. The van der Waals surface area contributed by atoms with Crippen LogP contribution in [0.2, 0.25) is 0 Å². The highest BCUT2D eigenvalue weighted by Crippen LogP contribution is 2.18. The summed E-state index contributed by atoms with van der Waals surface area (Å²) in [6.45, 7) is 2.39. The Morgan fingerprint density at radius 1 is 1.43 bits per heavy atom. The SMILES string of the molecule is CCNC(=O)Cc1csc(NC(=O)C2C=CC=NC2=O)n1. The lowest BCUT2D eigenvalue weighted by molar-refractivity contribution is -0.128. The highest BCUT2D eigenvalue weighted by molar-refractivity contribution is 7.13. The molecule has 7 nitrogen and oxygen atoms in total. The molecule has 0 saturated heterocycles. The Morgan fingerprint density at radius 3 is 2.95 bits per heavy atom. The predicted molar refractivity (Wildman–Crippen MR) is 79.3 cm³/mol. The van der Waals surface area contributed by atoms with Crippen molar-refractivity contribution in [2.45, 2.75) is 13.3 Å². The van der Waals surface area contributed by atoms with E-state index in [2.05, 4.69) is 20.6 Å². The van der Waals surface area contributed by atoms with Crippen LogP contribution in [0, 0.1) is 5.92 Å². The molecule has 0 spiro atoms. The van der Waals surface area contributed by atoms with Gasteiger partial charge in [0, 0.05) is 18.1 Å². The molecule has 3 amide bonds. The second-order valence-corrected chi connectivity index (χ2v) is 5.10. The van der Waals surface area contributed by atoms with Crippen LogP contribution in [0.5, 0.6) is 0 Å². The number of allylic oxidation sites excluding steroid dienone is 1. The van der Waals surface area contributed by atoms with Gasteiger partial charge in [-0.1, -0.05) is 6.08 Å². The van der Waals surface area contributed by atoms with E-state index >= 15 is 0 Å². The molecule has 2 N–H and O–H groups in total. The van der Waals surface area contributed by atoms with Crippen LogP contribution in [0.1, 0.15) is 12.6 Å². The maximum atomic E-state index is 11.9. The van der Waals surface area contributed by atoms with Crippen molar-refractivity contribution < 1.29 is 14.4 Å². The summed E-state index contributed by atoms with van der Waals surface area (Å²) in [5, 5.41) is 7.28. The second-order valence-electron chi connectivity index (χ2n) is 4.24. The van der Waals surface area contributed by atoms with Gasteiger partial charge in [-0.15, -0.1) is 11.3 Å². The van der Waals surface area contributed by atoms with Crippen LogP contribution in [0.3, 0.4) is 0 Å². The summed E-state index contributed by atoms with van der Waals surface area (Å²) in [6.07, 6.45) is 4.54. The zero-order valence-electron chi connectivity index (χ0n) is 11.3. The Balaban J connectivity index is 1.94. The first kappa shape index (κ1) is 15.0. The Labute approximate surface area is 125 Å². The van der Waals surface area contributed by atoms with Gasteiger partial charge < -0.3 is 10.6 Å². The number of carbonyl (C=O) groups excluding carboxylic acids is 3. The van der Waals surface area contributed by atoms with Gasteiger partial charge in [-0.25, -0.2) is 9.98 Å². The van der Waals surface area contributed by atoms with Gasteiger partial charge in [0.15, 0.2) is 5.13 Å². The first-order chi connectivity index (χ1) is 10.1. The molecule has 1 atom stereocenters. The molecule has 2 heterocycles. The number of rotatable bonds is 5. The largest absolute Gasteiger partial charge is 0.356 e. The normalized spacial score (nSPS) is 16.8. The van der Waals surface area contributed by atoms with E-state index in [-0.39, 0.29) is 12.3 Å². The molecular weight excluding hydrogens is 292 g/mol. The van der Waals surface area contributed by atoms with Crippen molar-refractivity contribution >= 4 is 40.4 Å². The quantitative estimate of drug-likeness (QED) is 0.775. The van der Waals surface area contributed by atoms with Gasteiger partial charge in [0.1, 0.15) is 5.92 Å². The van der Waals surface area contributed by atoms with Crippen LogP contribution in [0.15, 0.2) is 22.5 Å². The molecule has 1 aromatic rings. The summed E-state index contributed by atoms with van der Waals surface area (Å²) in [5.41, 5.74) is 0.574. The Kier molecular flexibility index (Phi) is 4.94. The molecule has 2 rings (SSSR count).